The van der Waals surface area contributed by atoms with Crippen molar-refractivity contribution < 1.29 is 4.79 Å². The first kappa shape index (κ1) is 11.3. The fourth-order valence-electron chi connectivity index (χ4n) is 2.87. The van der Waals surface area contributed by atoms with Crippen molar-refractivity contribution in [2.45, 2.75) is 51.0 Å². The van der Waals surface area contributed by atoms with Gasteiger partial charge in [0.1, 0.15) is 0 Å². The average molecular weight is 230 g/mol. The maximum atomic E-state index is 12.2. The van der Waals surface area contributed by atoms with Gasteiger partial charge >= 0.3 is 0 Å². The number of rotatable bonds is 2. The highest BCUT2D eigenvalue weighted by Crippen LogP contribution is 2.28. The van der Waals surface area contributed by atoms with E-state index in [4.69, 9.17) is 11.6 Å². The maximum absolute atomic E-state index is 12.2. The number of alkyl halides is 1. The van der Waals surface area contributed by atoms with Gasteiger partial charge in [-0.05, 0) is 25.7 Å². The molecule has 0 bridgehead atoms. The topological polar surface area (TPSA) is 20.3 Å². The molecule has 1 amide bonds. The monoisotopic (exact) mass is 229 g/mol. The van der Waals surface area contributed by atoms with Crippen LogP contribution in [-0.2, 0) is 4.79 Å². The minimum Gasteiger partial charge on any atom is -0.338 e. The molecular formula is C12H20ClNO. The number of carbonyl (C=O) groups excluding carboxylic acids is 1. The molecule has 0 unspecified atom stereocenters. The van der Waals surface area contributed by atoms with Crippen LogP contribution in [0.3, 0.4) is 0 Å². The number of hydrogen-bond acceptors (Lipinski definition) is 1. The molecule has 1 aliphatic carbocycles. The Labute approximate surface area is 97.0 Å². The molecule has 1 saturated heterocycles. The Morgan fingerprint density at radius 3 is 2.53 bits per heavy atom. The summed E-state index contributed by atoms with van der Waals surface area (Å²) >= 11 is 5.89. The van der Waals surface area contributed by atoms with Crippen LogP contribution in [0, 0.1) is 5.92 Å². The third-order valence-corrected chi connectivity index (χ3v) is 4.15. The molecule has 1 heterocycles. The van der Waals surface area contributed by atoms with Gasteiger partial charge in [0.05, 0.1) is 0 Å². The third-order valence-electron chi connectivity index (χ3n) is 3.79. The lowest BCUT2D eigenvalue weighted by molar-refractivity contribution is -0.137. The molecule has 2 nitrogen and oxygen atoms in total. The lowest BCUT2D eigenvalue weighted by Gasteiger charge is -2.29. The molecule has 1 atom stereocenters. The van der Waals surface area contributed by atoms with Crippen LogP contribution in [0.1, 0.15) is 44.9 Å². The number of hydrogen-bond donors (Lipinski definition) is 0. The Kier molecular flexibility index (Phi) is 3.90. The Balaban J connectivity index is 1.93. The van der Waals surface area contributed by atoms with Crippen molar-refractivity contribution in [3.8, 4) is 0 Å². The van der Waals surface area contributed by atoms with E-state index in [0.29, 0.717) is 23.7 Å². The lowest BCUT2D eigenvalue weighted by Crippen LogP contribution is -2.41. The number of carbonyl (C=O) groups is 1. The highest BCUT2D eigenvalue weighted by Gasteiger charge is 2.32. The van der Waals surface area contributed by atoms with Crippen molar-refractivity contribution in [2.24, 2.45) is 5.92 Å². The fourth-order valence-corrected chi connectivity index (χ4v) is 3.19. The molecule has 0 N–H and O–H groups in total. The molecule has 1 aliphatic heterocycles. The second kappa shape index (κ2) is 5.20. The minimum atomic E-state index is 0.308. The molecule has 86 valence electrons. The van der Waals surface area contributed by atoms with E-state index in [1.165, 1.54) is 19.3 Å². The van der Waals surface area contributed by atoms with E-state index in [0.717, 1.165) is 32.2 Å². The summed E-state index contributed by atoms with van der Waals surface area (Å²) in [5.74, 6) is 1.30. The van der Waals surface area contributed by atoms with E-state index in [1.54, 1.807) is 0 Å². The second-order valence-corrected chi connectivity index (χ2v) is 5.13. The number of amides is 1. The van der Waals surface area contributed by atoms with Gasteiger partial charge in [-0.2, -0.15) is 0 Å². The van der Waals surface area contributed by atoms with Crippen LogP contribution in [0.2, 0.25) is 0 Å². The van der Waals surface area contributed by atoms with E-state index in [2.05, 4.69) is 0 Å². The van der Waals surface area contributed by atoms with Crippen molar-refractivity contribution in [1.82, 2.24) is 4.90 Å². The van der Waals surface area contributed by atoms with Gasteiger partial charge < -0.3 is 4.90 Å². The molecule has 0 aromatic carbocycles. The molecule has 2 aliphatic rings. The van der Waals surface area contributed by atoms with Gasteiger partial charge in [-0.1, -0.05) is 19.3 Å². The van der Waals surface area contributed by atoms with Crippen molar-refractivity contribution in [2.75, 3.05) is 12.4 Å². The van der Waals surface area contributed by atoms with E-state index >= 15 is 0 Å². The summed E-state index contributed by atoms with van der Waals surface area (Å²) < 4.78 is 0. The van der Waals surface area contributed by atoms with E-state index in [9.17, 15) is 4.79 Å². The molecule has 0 spiro atoms. The number of likely N-dealkylation sites (tertiary alicyclic amines) is 1. The van der Waals surface area contributed by atoms with Gasteiger partial charge in [0.2, 0.25) is 5.91 Å². The van der Waals surface area contributed by atoms with E-state index < -0.39 is 0 Å². The summed E-state index contributed by atoms with van der Waals surface area (Å²) in [6.45, 7) is 0.937. The van der Waals surface area contributed by atoms with Crippen LogP contribution in [0.15, 0.2) is 0 Å². The zero-order valence-corrected chi connectivity index (χ0v) is 10.0. The summed E-state index contributed by atoms with van der Waals surface area (Å²) in [6.07, 6.45) is 8.21. The third kappa shape index (κ3) is 2.47. The maximum Gasteiger partial charge on any atom is 0.225 e. The van der Waals surface area contributed by atoms with Gasteiger partial charge in [0.15, 0.2) is 0 Å². The zero-order chi connectivity index (χ0) is 10.7. The van der Waals surface area contributed by atoms with Crippen LogP contribution >= 0.6 is 11.6 Å². The minimum absolute atomic E-state index is 0.308. The Hall–Kier alpha value is -0.240. The molecule has 0 aromatic rings. The van der Waals surface area contributed by atoms with Crippen LogP contribution in [0.4, 0.5) is 0 Å². The summed E-state index contributed by atoms with van der Waals surface area (Å²) in [7, 11) is 0. The highest BCUT2D eigenvalue weighted by molar-refractivity contribution is 6.18. The van der Waals surface area contributed by atoms with Gasteiger partial charge in [0, 0.05) is 24.4 Å². The van der Waals surface area contributed by atoms with Gasteiger partial charge in [-0.25, -0.2) is 0 Å². The average Bonchev–Trinajstić information content (AvgIpc) is 2.77. The zero-order valence-electron chi connectivity index (χ0n) is 9.25. The summed E-state index contributed by atoms with van der Waals surface area (Å²) in [5.41, 5.74) is 0. The second-order valence-electron chi connectivity index (χ2n) is 4.82. The van der Waals surface area contributed by atoms with Crippen LogP contribution in [0.25, 0.3) is 0 Å². The van der Waals surface area contributed by atoms with Crippen LogP contribution in [0.5, 0.6) is 0 Å². The summed E-state index contributed by atoms with van der Waals surface area (Å²) in [4.78, 5) is 14.3. The fraction of sp³-hybridized carbons (Fsp3) is 0.917. The largest absolute Gasteiger partial charge is 0.338 e. The Morgan fingerprint density at radius 2 is 1.87 bits per heavy atom. The molecular weight excluding hydrogens is 210 g/mol. The predicted molar refractivity (Wildman–Crippen MR) is 62.0 cm³/mol. The first-order valence-corrected chi connectivity index (χ1v) is 6.73. The molecule has 2 rings (SSSR count). The Morgan fingerprint density at radius 1 is 1.13 bits per heavy atom. The first-order valence-electron chi connectivity index (χ1n) is 6.19. The molecule has 2 fully saturated rings. The summed E-state index contributed by atoms with van der Waals surface area (Å²) in [5, 5.41) is 0. The quantitative estimate of drug-likeness (QED) is 0.667. The smallest absolute Gasteiger partial charge is 0.225 e. The van der Waals surface area contributed by atoms with Gasteiger partial charge in [-0.3, -0.25) is 4.79 Å². The Bertz CT molecular complexity index is 226. The molecule has 0 radical (unpaired) electrons. The molecule has 3 heteroatoms. The van der Waals surface area contributed by atoms with Gasteiger partial charge in [0.25, 0.3) is 0 Å². The van der Waals surface area contributed by atoms with Crippen molar-refractivity contribution in [3.05, 3.63) is 0 Å². The van der Waals surface area contributed by atoms with Crippen molar-refractivity contribution in [1.29, 1.82) is 0 Å². The van der Waals surface area contributed by atoms with Crippen molar-refractivity contribution >= 4 is 17.5 Å². The predicted octanol–water partition coefficient (Wildman–Crippen LogP) is 2.80. The number of halogens is 1. The highest BCUT2D eigenvalue weighted by atomic mass is 35.5. The number of nitrogens with zero attached hydrogens (tertiary/aromatic N) is 1. The van der Waals surface area contributed by atoms with E-state index in [-0.39, 0.29) is 0 Å². The molecule has 15 heavy (non-hydrogen) atoms. The summed E-state index contributed by atoms with van der Waals surface area (Å²) in [6, 6.07) is 0.320. The van der Waals surface area contributed by atoms with E-state index in [1.807, 2.05) is 4.90 Å². The van der Waals surface area contributed by atoms with Crippen LogP contribution in [-0.4, -0.2) is 29.3 Å². The lowest BCUT2D eigenvalue weighted by atomic mass is 9.88. The SMILES string of the molecule is O=C(C1CCCCC1)N1CCC[C@H]1CCl. The normalized spacial score (nSPS) is 28.3. The van der Waals surface area contributed by atoms with Crippen molar-refractivity contribution in [3.63, 3.8) is 0 Å². The molecule has 0 aromatic heterocycles. The van der Waals surface area contributed by atoms with Crippen LogP contribution < -0.4 is 0 Å². The first-order chi connectivity index (χ1) is 7.33. The standard InChI is InChI=1S/C12H20ClNO/c13-9-11-7-4-8-14(11)12(15)10-5-2-1-3-6-10/h10-11H,1-9H2/t11-/m0/s1. The van der Waals surface area contributed by atoms with Gasteiger partial charge in [-0.15, -0.1) is 11.6 Å². The molecule has 1 saturated carbocycles.